The Hall–Kier alpha value is -1.61. The van der Waals surface area contributed by atoms with Gasteiger partial charge in [0.25, 0.3) is 0 Å². The molecule has 25 heavy (non-hydrogen) atoms. The summed E-state index contributed by atoms with van der Waals surface area (Å²) in [5.74, 6) is -1.32. The van der Waals surface area contributed by atoms with E-state index in [2.05, 4.69) is 4.72 Å². The van der Waals surface area contributed by atoms with E-state index >= 15 is 0 Å². The van der Waals surface area contributed by atoms with Crippen molar-refractivity contribution in [2.75, 3.05) is 12.3 Å². The first-order valence-electron chi connectivity index (χ1n) is 7.15. The van der Waals surface area contributed by atoms with Crippen LogP contribution in [-0.2, 0) is 15.8 Å². The topological polar surface area (TPSA) is 83.5 Å². The predicted molar refractivity (Wildman–Crippen MR) is 96.2 cm³/mol. The molecule has 5 nitrogen and oxygen atoms in total. The van der Waals surface area contributed by atoms with Crippen molar-refractivity contribution >= 4 is 39.4 Å². The SMILES string of the molecule is O=C(O)c1cc(S(=O)(=O)NCCSCc2ccccc2)c(F)cc1Cl. The summed E-state index contributed by atoms with van der Waals surface area (Å²) in [5, 5.41) is 8.62. The average Bonchev–Trinajstić information content (AvgIpc) is 2.54. The lowest BCUT2D eigenvalue weighted by molar-refractivity contribution is 0.0696. The Morgan fingerprint density at radius 1 is 1.24 bits per heavy atom. The molecule has 0 bridgehead atoms. The van der Waals surface area contributed by atoms with Gasteiger partial charge in [-0.05, 0) is 17.7 Å². The molecule has 0 aromatic heterocycles. The Balaban J connectivity index is 1.97. The van der Waals surface area contributed by atoms with Crippen LogP contribution < -0.4 is 4.72 Å². The Bertz CT molecular complexity index is 860. The molecule has 0 aliphatic rings. The Morgan fingerprint density at radius 2 is 1.92 bits per heavy atom. The van der Waals surface area contributed by atoms with E-state index in [1.165, 1.54) is 11.8 Å². The number of sulfonamides is 1. The second-order valence-electron chi connectivity index (χ2n) is 5.00. The van der Waals surface area contributed by atoms with Gasteiger partial charge in [0.2, 0.25) is 10.0 Å². The molecule has 0 saturated heterocycles. The highest BCUT2D eigenvalue weighted by molar-refractivity contribution is 7.98. The van der Waals surface area contributed by atoms with E-state index in [-0.39, 0.29) is 11.6 Å². The Labute approximate surface area is 154 Å². The molecule has 2 aromatic carbocycles. The molecular formula is C16H15ClFNO4S2. The summed E-state index contributed by atoms with van der Waals surface area (Å²) in [6.07, 6.45) is 0. The quantitative estimate of drug-likeness (QED) is 0.660. The number of benzene rings is 2. The molecule has 0 heterocycles. The zero-order chi connectivity index (χ0) is 18.4. The van der Waals surface area contributed by atoms with Gasteiger partial charge in [-0.15, -0.1) is 0 Å². The summed E-state index contributed by atoms with van der Waals surface area (Å²) in [7, 11) is -4.17. The van der Waals surface area contributed by atoms with Crippen molar-refractivity contribution < 1.29 is 22.7 Å². The van der Waals surface area contributed by atoms with Crippen LogP contribution in [-0.4, -0.2) is 31.8 Å². The minimum atomic E-state index is -4.17. The van der Waals surface area contributed by atoms with Gasteiger partial charge >= 0.3 is 5.97 Å². The van der Waals surface area contributed by atoms with Gasteiger partial charge in [-0.25, -0.2) is 22.3 Å². The zero-order valence-electron chi connectivity index (χ0n) is 12.9. The molecular weight excluding hydrogens is 389 g/mol. The van der Waals surface area contributed by atoms with E-state index in [0.29, 0.717) is 11.8 Å². The van der Waals surface area contributed by atoms with Crippen molar-refractivity contribution in [3.05, 3.63) is 64.4 Å². The lowest BCUT2D eigenvalue weighted by Crippen LogP contribution is -2.27. The highest BCUT2D eigenvalue weighted by atomic mass is 35.5. The monoisotopic (exact) mass is 403 g/mol. The third kappa shape index (κ3) is 5.43. The molecule has 134 valence electrons. The first kappa shape index (κ1) is 19.7. The molecule has 2 aromatic rings. The minimum absolute atomic E-state index is 0.0876. The number of nitrogens with one attached hydrogen (secondary N) is 1. The van der Waals surface area contributed by atoms with Gasteiger partial charge in [0.15, 0.2) is 0 Å². The maximum atomic E-state index is 13.9. The van der Waals surface area contributed by atoms with Crippen molar-refractivity contribution in [1.29, 1.82) is 0 Å². The number of rotatable bonds is 8. The second-order valence-corrected chi connectivity index (χ2v) is 8.25. The highest BCUT2D eigenvalue weighted by Crippen LogP contribution is 2.24. The van der Waals surface area contributed by atoms with Crippen LogP contribution >= 0.6 is 23.4 Å². The third-order valence-corrected chi connectivity index (χ3v) is 6.01. The van der Waals surface area contributed by atoms with Crippen LogP contribution in [0.1, 0.15) is 15.9 Å². The van der Waals surface area contributed by atoms with Crippen LogP contribution in [0, 0.1) is 5.82 Å². The van der Waals surface area contributed by atoms with Crippen molar-refractivity contribution in [2.24, 2.45) is 0 Å². The average molecular weight is 404 g/mol. The second kappa shape index (κ2) is 8.66. The van der Waals surface area contributed by atoms with Crippen molar-refractivity contribution in [3.8, 4) is 0 Å². The molecule has 0 radical (unpaired) electrons. The molecule has 0 spiro atoms. The highest BCUT2D eigenvalue weighted by Gasteiger charge is 2.23. The van der Waals surface area contributed by atoms with Crippen molar-refractivity contribution in [2.45, 2.75) is 10.6 Å². The number of halogens is 2. The van der Waals surface area contributed by atoms with Gasteiger partial charge in [0, 0.05) is 18.1 Å². The smallest absolute Gasteiger partial charge is 0.337 e. The van der Waals surface area contributed by atoms with E-state index < -0.39 is 32.3 Å². The first-order chi connectivity index (χ1) is 11.8. The zero-order valence-corrected chi connectivity index (χ0v) is 15.3. The molecule has 0 aliphatic heterocycles. The van der Waals surface area contributed by atoms with Gasteiger partial charge in [0.1, 0.15) is 10.7 Å². The molecule has 2 N–H and O–H groups in total. The summed E-state index contributed by atoms with van der Waals surface area (Å²) in [6, 6.07) is 11.1. The van der Waals surface area contributed by atoms with Crippen LogP contribution in [0.25, 0.3) is 0 Å². The summed E-state index contributed by atoms with van der Waals surface area (Å²) >= 11 is 7.13. The number of thioether (sulfide) groups is 1. The van der Waals surface area contributed by atoms with E-state index in [1.807, 2.05) is 30.3 Å². The fraction of sp³-hybridized carbons (Fsp3) is 0.188. The summed E-state index contributed by atoms with van der Waals surface area (Å²) < 4.78 is 40.5. The van der Waals surface area contributed by atoms with E-state index in [1.54, 1.807) is 0 Å². The summed E-state index contributed by atoms with van der Waals surface area (Å²) in [5.41, 5.74) is 0.645. The number of carbonyl (C=O) groups is 1. The van der Waals surface area contributed by atoms with Crippen molar-refractivity contribution in [1.82, 2.24) is 4.72 Å². The standard InChI is InChI=1S/C16H15ClFNO4S2/c17-13-9-14(18)15(8-12(13)16(20)21)25(22,23)19-6-7-24-10-11-4-2-1-3-5-11/h1-5,8-9,19H,6-7,10H2,(H,20,21). The van der Waals surface area contributed by atoms with Crippen LogP contribution in [0.3, 0.4) is 0 Å². The molecule has 0 fully saturated rings. The molecule has 2 rings (SSSR count). The molecule has 0 aliphatic carbocycles. The number of hydrogen-bond donors (Lipinski definition) is 2. The van der Waals surface area contributed by atoms with E-state index in [4.69, 9.17) is 16.7 Å². The maximum absolute atomic E-state index is 13.9. The third-order valence-electron chi connectivity index (χ3n) is 3.19. The molecule has 0 atom stereocenters. The van der Waals surface area contributed by atoms with Gasteiger partial charge in [-0.2, -0.15) is 11.8 Å². The largest absolute Gasteiger partial charge is 0.478 e. The Morgan fingerprint density at radius 3 is 2.56 bits per heavy atom. The van der Waals surface area contributed by atoms with E-state index in [0.717, 1.165) is 17.4 Å². The fourth-order valence-corrected chi connectivity index (χ4v) is 4.28. The summed E-state index contributed by atoms with van der Waals surface area (Å²) in [4.78, 5) is 10.3. The lowest BCUT2D eigenvalue weighted by atomic mass is 10.2. The lowest BCUT2D eigenvalue weighted by Gasteiger charge is -2.09. The number of carboxylic acid groups (broad SMARTS) is 1. The van der Waals surface area contributed by atoms with Gasteiger partial charge < -0.3 is 5.11 Å². The van der Waals surface area contributed by atoms with Crippen LogP contribution in [0.4, 0.5) is 4.39 Å². The molecule has 0 saturated carbocycles. The van der Waals surface area contributed by atoms with E-state index in [9.17, 15) is 17.6 Å². The van der Waals surface area contributed by atoms with Crippen molar-refractivity contribution in [3.63, 3.8) is 0 Å². The van der Waals surface area contributed by atoms with Crippen LogP contribution in [0.15, 0.2) is 47.4 Å². The Kier molecular flexibility index (Phi) is 6.83. The number of carboxylic acids is 1. The first-order valence-corrected chi connectivity index (χ1v) is 10.2. The fourth-order valence-electron chi connectivity index (χ4n) is 1.99. The maximum Gasteiger partial charge on any atom is 0.337 e. The predicted octanol–water partition coefficient (Wildman–Crippen LogP) is 3.39. The van der Waals surface area contributed by atoms with Gasteiger partial charge in [-0.3, -0.25) is 0 Å². The normalized spacial score (nSPS) is 11.4. The molecule has 0 unspecified atom stereocenters. The van der Waals surface area contributed by atoms with Gasteiger partial charge in [-0.1, -0.05) is 41.9 Å². The van der Waals surface area contributed by atoms with Crippen LogP contribution in [0.2, 0.25) is 5.02 Å². The number of aromatic carboxylic acids is 1. The number of hydrogen-bond acceptors (Lipinski definition) is 4. The minimum Gasteiger partial charge on any atom is -0.478 e. The molecule has 9 heteroatoms. The van der Waals surface area contributed by atoms with Crippen LogP contribution in [0.5, 0.6) is 0 Å². The van der Waals surface area contributed by atoms with Gasteiger partial charge in [0.05, 0.1) is 10.6 Å². The summed E-state index contributed by atoms with van der Waals surface area (Å²) in [6.45, 7) is 0.0876. The molecule has 0 amide bonds.